The van der Waals surface area contributed by atoms with Crippen LogP contribution >= 0.6 is 23.2 Å². The van der Waals surface area contributed by atoms with E-state index in [-0.39, 0.29) is 6.61 Å². The third kappa shape index (κ3) is 9.90. The Morgan fingerprint density at radius 1 is 1.19 bits per heavy atom. The summed E-state index contributed by atoms with van der Waals surface area (Å²) in [5.74, 6) is 0.607. The summed E-state index contributed by atoms with van der Waals surface area (Å²) in [5.41, 5.74) is 1.52. The van der Waals surface area contributed by atoms with Crippen molar-refractivity contribution in [1.82, 2.24) is 4.90 Å². The number of aliphatic hydroxyl groups excluding tert-OH is 1. The van der Waals surface area contributed by atoms with Gasteiger partial charge in [0.25, 0.3) is 0 Å². The van der Waals surface area contributed by atoms with Crippen molar-refractivity contribution < 1.29 is 18.2 Å². The summed E-state index contributed by atoms with van der Waals surface area (Å²) < 4.78 is 25.6. The Kier molecular flexibility index (Phi) is 12.1. The molecule has 0 aliphatic heterocycles. The Hall–Kier alpha value is -1.61. The molecule has 1 N–H and O–H groups in total. The molecule has 0 bridgehead atoms. The molecule has 0 heterocycles. The average Bonchev–Trinajstić information content (AvgIpc) is 2.79. The van der Waals surface area contributed by atoms with Crippen LogP contribution in [0, 0.1) is 0 Å². The van der Waals surface area contributed by atoms with E-state index in [1.165, 1.54) is 7.11 Å². The van der Waals surface area contributed by atoms with Crippen LogP contribution in [0.25, 0.3) is 6.08 Å². The van der Waals surface area contributed by atoms with Gasteiger partial charge in [0.1, 0.15) is 18.5 Å². The van der Waals surface area contributed by atoms with Gasteiger partial charge in [-0.25, -0.2) is 4.21 Å². The van der Waals surface area contributed by atoms with Crippen LogP contribution in [0.4, 0.5) is 5.69 Å². The molecule has 2 atom stereocenters. The highest BCUT2D eigenvalue weighted by atomic mass is 35.5. The van der Waals surface area contributed by atoms with Crippen molar-refractivity contribution >= 4 is 45.8 Å². The lowest BCUT2D eigenvalue weighted by Gasteiger charge is -2.24. The van der Waals surface area contributed by atoms with E-state index in [0.29, 0.717) is 34.6 Å². The molecule has 0 aliphatic carbocycles. The lowest BCUT2D eigenvalue weighted by Crippen LogP contribution is -2.36. The van der Waals surface area contributed by atoms with Crippen LogP contribution in [0.1, 0.15) is 25.3 Å². The lowest BCUT2D eigenvalue weighted by molar-refractivity contribution is 0.0715. The summed E-state index contributed by atoms with van der Waals surface area (Å²) in [7, 11) is -0.709. The Morgan fingerprint density at radius 2 is 1.94 bits per heavy atom. The van der Waals surface area contributed by atoms with Gasteiger partial charge in [0.05, 0.1) is 22.8 Å². The first-order valence-electron chi connectivity index (χ1n) is 10.4. The third-order valence-corrected chi connectivity index (χ3v) is 5.99. The smallest absolute Gasteiger partial charge is 0.156 e. The number of unbranched alkanes of at least 4 members (excludes halogenated alkanes) is 1. The van der Waals surface area contributed by atoms with Crippen molar-refractivity contribution in [3.8, 4) is 5.75 Å². The molecule has 9 heteroatoms. The van der Waals surface area contributed by atoms with Crippen molar-refractivity contribution in [2.75, 3.05) is 33.4 Å². The van der Waals surface area contributed by atoms with Gasteiger partial charge < -0.3 is 9.84 Å². The van der Waals surface area contributed by atoms with Gasteiger partial charge in [-0.15, -0.1) is 0 Å². The highest BCUT2D eigenvalue weighted by molar-refractivity contribution is 7.69. The molecule has 0 spiro atoms. The zero-order valence-corrected chi connectivity index (χ0v) is 20.7. The maximum Gasteiger partial charge on any atom is 0.156 e. The number of nitrogens with zero attached hydrogens (tertiary/aromatic N) is 2. The van der Waals surface area contributed by atoms with Gasteiger partial charge in [-0.1, -0.05) is 54.8 Å². The van der Waals surface area contributed by atoms with E-state index < -0.39 is 17.0 Å². The number of benzene rings is 2. The first-order chi connectivity index (χ1) is 15.4. The van der Waals surface area contributed by atoms with E-state index in [2.05, 4.69) is 26.4 Å². The van der Waals surface area contributed by atoms with Crippen molar-refractivity contribution in [2.45, 2.75) is 25.9 Å². The predicted molar refractivity (Wildman–Crippen MR) is 133 cm³/mol. The second kappa shape index (κ2) is 14.5. The molecule has 2 rings (SSSR count). The Bertz CT molecular complexity index is 948. The number of hydrogen-bond donors (Lipinski definition) is 2. The summed E-state index contributed by atoms with van der Waals surface area (Å²) in [6, 6.07) is 12.3. The first-order valence-corrected chi connectivity index (χ1v) is 12.3. The fourth-order valence-corrected chi connectivity index (χ4v) is 3.59. The molecule has 0 saturated heterocycles. The summed E-state index contributed by atoms with van der Waals surface area (Å²) in [5, 5.41) is 11.5. The largest absolute Gasteiger partial charge is 0.491 e. The summed E-state index contributed by atoms with van der Waals surface area (Å²) in [4.78, 5) is 2.19. The highest BCUT2D eigenvalue weighted by Crippen LogP contribution is 2.23. The van der Waals surface area contributed by atoms with E-state index in [0.717, 1.165) is 24.9 Å². The fraction of sp³-hybridized carbons (Fsp3) is 0.391. The van der Waals surface area contributed by atoms with Gasteiger partial charge in [-0.05, 0) is 54.9 Å². The van der Waals surface area contributed by atoms with Gasteiger partial charge in [0.2, 0.25) is 0 Å². The van der Waals surface area contributed by atoms with E-state index in [1.807, 2.05) is 18.2 Å². The van der Waals surface area contributed by atoms with Gasteiger partial charge in [0.15, 0.2) is 10.9 Å². The maximum absolute atomic E-state index is 11.3. The Labute approximate surface area is 202 Å². The zero-order valence-electron chi connectivity index (χ0n) is 18.3. The number of rotatable bonds is 13. The quantitative estimate of drug-likeness (QED) is 0.360. The fourth-order valence-electron chi connectivity index (χ4n) is 2.88. The highest BCUT2D eigenvalue weighted by Gasteiger charge is 2.11. The predicted octanol–water partition coefficient (Wildman–Crippen LogP) is 5.41. The molecule has 2 aromatic rings. The van der Waals surface area contributed by atoms with Crippen molar-refractivity contribution in [3.05, 3.63) is 64.1 Å². The van der Waals surface area contributed by atoms with E-state index in [1.54, 1.807) is 30.3 Å². The van der Waals surface area contributed by atoms with Crippen LogP contribution in [0.5, 0.6) is 5.75 Å². The zero-order chi connectivity index (χ0) is 23.3. The standard InChI is InChI=1S/C23H30Cl2N2O4S/c1-3-4-13-27(14-5-6-18-7-12-22(24)23(25)15-18)16-20(28)17-31-21-10-8-19(9-11-21)26-32(29)30-2/h5-12,15,20,28,32H,3-4,13-14,16-17H2,1-2H3/b6-5+. The van der Waals surface area contributed by atoms with Crippen molar-refractivity contribution in [1.29, 1.82) is 0 Å². The van der Waals surface area contributed by atoms with Gasteiger partial charge in [-0.3, -0.25) is 9.08 Å². The minimum absolute atomic E-state index is 0.169. The number of hydrogen-bond acceptors (Lipinski definition) is 6. The molecule has 0 saturated carbocycles. The maximum atomic E-state index is 11.3. The monoisotopic (exact) mass is 500 g/mol. The van der Waals surface area contributed by atoms with E-state index in [4.69, 9.17) is 27.9 Å². The Balaban J connectivity index is 1.87. The van der Waals surface area contributed by atoms with Crippen LogP contribution < -0.4 is 4.74 Å². The topological polar surface area (TPSA) is 71.4 Å². The van der Waals surface area contributed by atoms with E-state index in [9.17, 15) is 9.32 Å². The number of ether oxygens (including phenoxy) is 1. The number of halogens is 2. The molecule has 0 aliphatic rings. The molecule has 0 aromatic heterocycles. The lowest BCUT2D eigenvalue weighted by atomic mass is 10.2. The molecule has 176 valence electrons. The molecule has 0 fully saturated rings. The van der Waals surface area contributed by atoms with Crippen LogP contribution in [0.15, 0.2) is 52.9 Å². The van der Waals surface area contributed by atoms with Gasteiger partial charge in [-0.2, -0.15) is 4.36 Å². The molecule has 0 amide bonds. The van der Waals surface area contributed by atoms with Crippen LogP contribution in [0.3, 0.4) is 0 Å². The summed E-state index contributed by atoms with van der Waals surface area (Å²) in [6.07, 6.45) is 5.52. The second-order valence-corrected chi connectivity index (χ2v) is 9.02. The molecular formula is C23H30Cl2N2O4S. The average molecular weight is 501 g/mol. The van der Waals surface area contributed by atoms with Crippen molar-refractivity contribution in [2.24, 2.45) is 4.36 Å². The van der Waals surface area contributed by atoms with Gasteiger partial charge in [0, 0.05) is 13.1 Å². The molecule has 0 radical (unpaired) electrons. The summed E-state index contributed by atoms with van der Waals surface area (Å²) in [6.45, 7) is 4.38. The molecular weight excluding hydrogens is 471 g/mol. The van der Waals surface area contributed by atoms with Crippen LogP contribution in [-0.2, 0) is 15.1 Å². The normalized spacial score (nSPS) is 13.7. The first kappa shape index (κ1) is 26.6. The van der Waals surface area contributed by atoms with Crippen LogP contribution in [0.2, 0.25) is 10.0 Å². The van der Waals surface area contributed by atoms with Crippen molar-refractivity contribution in [3.63, 3.8) is 0 Å². The molecule has 2 aromatic carbocycles. The van der Waals surface area contributed by atoms with Crippen LogP contribution in [-0.4, -0.2) is 53.7 Å². The molecule has 6 nitrogen and oxygen atoms in total. The number of thiol groups is 1. The minimum Gasteiger partial charge on any atom is -0.491 e. The third-order valence-electron chi connectivity index (χ3n) is 4.55. The number of aliphatic hydroxyl groups is 1. The minimum atomic E-state index is -2.05. The van der Waals surface area contributed by atoms with Gasteiger partial charge >= 0.3 is 0 Å². The van der Waals surface area contributed by atoms with E-state index >= 15 is 0 Å². The molecule has 32 heavy (non-hydrogen) atoms. The SMILES string of the molecule is CCCCN(C/C=C/c1ccc(Cl)c(Cl)c1)CC(O)COc1ccc(N=[SH](=O)OC)cc1. The Morgan fingerprint density at radius 3 is 2.59 bits per heavy atom. The summed E-state index contributed by atoms with van der Waals surface area (Å²) >= 11 is 12.0. The second-order valence-electron chi connectivity index (χ2n) is 7.17. The molecule has 2 unspecified atom stereocenters.